The molecule has 0 aliphatic rings. The molecule has 0 aliphatic heterocycles. The number of hydrogen-bond acceptors (Lipinski definition) is 13. The van der Waals surface area contributed by atoms with Crippen LogP contribution in [0.2, 0.25) is 0 Å². The zero-order chi connectivity index (χ0) is 49.1. The summed E-state index contributed by atoms with van der Waals surface area (Å²) in [5.74, 6) is -1.72. The lowest BCUT2D eigenvalue weighted by atomic mass is 9.91. The van der Waals surface area contributed by atoms with Crippen molar-refractivity contribution in [2.24, 2.45) is 0 Å². The first-order chi connectivity index (χ1) is 30.5. The van der Waals surface area contributed by atoms with Crippen LogP contribution in [0.1, 0.15) is 107 Å². The highest BCUT2D eigenvalue weighted by Gasteiger charge is 2.28. The Kier molecular flexibility index (Phi) is 14.7. The van der Waals surface area contributed by atoms with E-state index in [1.165, 1.54) is 36.4 Å². The largest absolute Gasteiger partial charge is 0.438 e. The van der Waals surface area contributed by atoms with Crippen LogP contribution in [-0.4, -0.2) is 48.6 Å². The minimum atomic E-state index is -4.41. The lowest BCUT2D eigenvalue weighted by Gasteiger charge is -2.21. The topological polar surface area (TPSA) is 223 Å². The smallest absolute Gasteiger partial charge is 0.281 e. The number of aryl methyl sites for hydroxylation is 6. The Labute approximate surface area is 385 Å². The number of ether oxygens (including phenoxy) is 2. The average molecular weight is 940 g/mol. The molecule has 0 radical (unpaired) electrons. The molecule has 6 aromatic rings. The van der Waals surface area contributed by atoms with E-state index in [9.17, 15) is 30.8 Å². The monoisotopic (exact) mass is 939 g/mol. The number of halogens is 1. The van der Waals surface area contributed by atoms with Crippen molar-refractivity contribution in [2.75, 3.05) is 5.73 Å². The standard InChI is InChI=1S/C24H26FN3O4S.C24H28N4O4S/c2*1-14-12-15(2)21(16(3)13-14)32-23-17(10-11-18(26-23)24(4,5)6)22(29)28-33(30,31)20-9-7-8-19(25)27-20/h7-13H,1-6H3,(H,28,29);7-13H,1-6H3,(H2,25,27)(H,28,29). The molecule has 0 aliphatic carbocycles. The van der Waals surface area contributed by atoms with Crippen molar-refractivity contribution in [3.8, 4) is 23.3 Å². The van der Waals surface area contributed by atoms with Gasteiger partial charge in [-0.25, -0.2) is 29.4 Å². The second-order valence-corrected chi connectivity index (χ2v) is 21.1. The van der Waals surface area contributed by atoms with Crippen LogP contribution >= 0.6 is 0 Å². The number of carbonyl (C=O) groups is 2. The van der Waals surface area contributed by atoms with E-state index in [0.717, 1.165) is 45.5 Å². The fraction of sp³-hybridized carbons (Fsp3) is 0.292. The maximum absolute atomic E-state index is 13.4. The number of nitrogens with two attached hydrogens (primary N) is 1. The number of rotatable bonds is 10. The van der Waals surface area contributed by atoms with Crippen LogP contribution in [0.15, 0.2) is 95.0 Å². The van der Waals surface area contributed by atoms with Crippen LogP contribution < -0.4 is 24.7 Å². The van der Waals surface area contributed by atoms with Crippen molar-refractivity contribution in [2.45, 2.75) is 104 Å². The van der Waals surface area contributed by atoms with Gasteiger partial charge in [-0.05, 0) is 112 Å². The Hall–Kier alpha value is -6.79. The van der Waals surface area contributed by atoms with Gasteiger partial charge in [0, 0.05) is 22.2 Å². The van der Waals surface area contributed by atoms with Crippen LogP contribution in [0.5, 0.6) is 23.3 Å². The number of carbonyl (C=O) groups excluding carboxylic acids is 2. The summed E-state index contributed by atoms with van der Waals surface area (Å²) in [6.07, 6.45) is 0. The summed E-state index contributed by atoms with van der Waals surface area (Å²) < 4.78 is 80.1. The van der Waals surface area contributed by atoms with Gasteiger partial charge in [0.25, 0.3) is 31.9 Å². The fourth-order valence-electron chi connectivity index (χ4n) is 6.64. The molecule has 0 bridgehead atoms. The van der Waals surface area contributed by atoms with Crippen molar-refractivity contribution >= 4 is 37.7 Å². The number of aromatic nitrogens is 4. The summed E-state index contributed by atoms with van der Waals surface area (Å²) in [7, 11) is -8.67. The summed E-state index contributed by atoms with van der Waals surface area (Å²) in [5, 5.41) is -0.967. The molecule has 0 unspecified atom stereocenters. The molecular formula is C48H54FN7O8S2. The molecule has 4 heterocycles. The van der Waals surface area contributed by atoms with E-state index in [1.54, 1.807) is 12.1 Å². The fourth-order valence-corrected chi connectivity index (χ4v) is 8.51. The van der Waals surface area contributed by atoms with Crippen molar-refractivity contribution in [3.05, 3.63) is 147 Å². The van der Waals surface area contributed by atoms with Crippen molar-refractivity contribution in [3.63, 3.8) is 0 Å². The molecule has 0 saturated carbocycles. The first kappa shape index (κ1) is 50.2. The van der Waals surface area contributed by atoms with Gasteiger partial charge in [0.2, 0.25) is 17.7 Å². The zero-order valence-electron chi connectivity index (χ0n) is 38.9. The molecule has 0 spiro atoms. The summed E-state index contributed by atoms with van der Waals surface area (Å²) in [6.45, 7) is 23.3. The number of nitrogen functional groups attached to an aromatic ring is 1. The van der Waals surface area contributed by atoms with Gasteiger partial charge in [0.05, 0.1) is 0 Å². The van der Waals surface area contributed by atoms with E-state index in [-0.39, 0.29) is 44.6 Å². The Morgan fingerprint density at radius 3 is 1.26 bits per heavy atom. The van der Waals surface area contributed by atoms with Gasteiger partial charge in [0.15, 0.2) is 10.1 Å². The van der Waals surface area contributed by atoms with Crippen LogP contribution in [0.4, 0.5) is 10.2 Å². The van der Waals surface area contributed by atoms with Crippen molar-refractivity contribution in [1.82, 2.24) is 29.4 Å². The van der Waals surface area contributed by atoms with Gasteiger partial charge < -0.3 is 15.2 Å². The molecule has 2 aromatic carbocycles. The third-order valence-corrected chi connectivity index (χ3v) is 12.3. The Bertz CT molecular complexity index is 2820. The molecule has 6 rings (SSSR count). The molecule has 0 atom stereocenters. The number of amides is 2. The molecule has 0 saturated heterocycles. The zero-order valence-corrected chi connectivity index (χ0v) is 40.5. The van der Waals surface area contributed by atoms with Gasteiger partial charge in [-0.1, -0.05) is 89.1 Å². The quantitative estimate of drug-likeness (QED) is 0.109. The summed E-state index contributed by atoms with van der Waals surface area (Å²) in [6, 6.07) is 21.6. The van der Waals surface area contributed by atoms with Gasteiger partial charge in [-0.15, -0.1) is 0 Å². The van der Waals surface area contributed by atoms with Crippen LogP contribution in [0.3, 0.4) is 0 Å². The number of benzene rings is 2. The van der Waals surface area contributed by atoms with E-state index in [0.29, 0.717) is 22.9 Å². The minimum absolute atomic E-state index is 0.0187. The third kappa shape index (κ3) is 12.3. The summed E-state index contributed by atoms with van der Waals surface area (Å²) in [4.78, 5) is 42.3. The van der Waals surface area contributed by atoms with E-state index in [4.69, 9.17) is 15.2 Å². The first-order valence-corrected chi connectivity index (χ1v) is 23.6. The Morgan fingerprint density at radius 2 is 0.909 bits per heavy atom. The van der Waals surface area contributed by atoms with E-state index in [1.807, 2.05) is 117 Å². The van der Waals surface area contributed by atoms with Crippen molar-refractivity contribution < 1.29 is 40.3 Å². The average Bonchev–Trinajstić information content (AvgIpc) is 3.19. The SMILES string of the molecule is Cc1cc(C)c(Oc2nc(C(C)(C)C)ccc2C(=O)NS(=O)(=O)c2cccc(F)n2)c(C)c1.Cc1cc(C)c(Oc2nc(C(C)(C)C)ccc2C(=O)NS(=O)(=O)c2cccc(N)n2)c(C)c1. The molecule has 348 valence electrons. The van der Waals surface area contributed by atoms with Gasteiger partial charge >= 0.3 is 0 Å². The highest BCUT2D eigenvalue weighted by Crippen LogP contribution is 2.35. The molecule has 4 aromatic heterocycles. The van der Waals surface area contributed by atoms with E-state index in [2.05, 4.69) is 19.9 Å². The lowest BCUT2D eigenvalue weighted by Crippen LogP contribution is -2.32. The summed E-state index contributed by atoms with van der Waals surface area (Å²) >= 11 is 0. The minimum Gasteiger partial charge on any atom is -0.438 e. The predicted molar refractivity (Wildman–Crippen MR) is 249 cm³/mol. The molecule has 15 nitrogen and oxygen atoms in total. The second kappa shape index (κ2) is 19.4. The van der Waals surface area contributed by atoms with Gasteiger partial charge in [0.1, 0.15) is 28.4 Å². The molecule has 66 heavy (non-hydrogen) atoms. The number of nitrogens with one attached hydrogen (secondary N) is 2. The number of pyridine rings is 4. The molecule has 0 fully saturated rings. The van der Waals surface area contributed by atoms with Crippen LogP contribution in [0.25, 0.3) is 0 Å². The number of sulfonamides is 2. The molecular weight excluding hydrogens is 886 g/mol. The highest BCUT2D eigenvalue weighted by atomic mass is 32.2. The number of nitrogens with zero attached hydrogens (tertiary/aromatic N) is 4. The normalized spacial score (nSPS) is 11.8. The summed E-state index contributed by atoms with van der Waals surface area (Å²) in [5.41, 5.74) is 11.7. The Morgan fingerprint density at radius 1 is 0.545 bits per heavy atom. The highest BCUT2D eigenvalue weighted by molar-refractivity contribution is 7.90. The first-order valence-electron chi connectivity index (χ1n) is 20.6. The lowest BCUT2D eigenvalue weighted by molar-refractivity contribution is 0.0969. The molecule has 4 N–H and O–H groups in total. The van der Waals surface area contributed by atoms with Crippen LogP contribution in [-0.2, 0) is 30.9 Å². The van der Waals surface area contributed by atoms with Crippen molar-refractivity contribution in [1.29, 1.82) is 0 Å². The predicted octanol–water partition coefficient (Wildman–Crippen LogP) is 8.94. The van der Waals surface area contributed by atoms with Gasteiger partial charge in [-0.3, -0.25) is 9.59 Å². The van der Waals surface area contributed by atoms with E-state index < -0.39 is 42.8 Å². The second-order valence-electron chi connectivity index (χ2n) is 17.8. The van der Waals surface area contributed by atoms with Gasteiger partial charge in [-0.2, -0.15) is 21.2 Å². The number of anilines is 1. The molecule has 18 heteroatoms. The van der Waals surface area contributed by atoms with Crippen LogP contribution in [0, 0.1) is 47.5 Å². The maximum atomic E-state index is 13.4. The maximum Gasteiger partial charge on any atom is 0.281 e. The number of hydrogen-bond donors (Lipinski definition) is 3. The third-order valence-electron chi connectivity index (χ3n) is 9.79. The van der Waals surface area contributed by atoms with E-state index >= 15 is 0 Å². The molecule has 2 amide bonds. The Balaban J connectivity index is 0.000000247.